The van der Waals surface area contributed by atoms with Crippen LogP contribution < -0.4 is 5.32 Å². The Morgan fingerprint density at radius 2 is 1.41 bits per heavy atom. The van der Waals surface area contributed by atoms with Gasteiger partial charge < -0.3 is 20.0 Å². The van der Waals surface area contributed by atoms with Gasteiger partial charge in [0.2, 0.25) is 11.8 Å². The van der Waals surface area contributed by atoms with Crippen molar-refractivity contribution >= 4 is 17.8 Å². The molecule has 1 aliphatic carbocycles. The first kappa shape index (κ1) is 20.5. The van der Waals surface area contributed by atoms with Crippen LogP contribution >= 0.6 is 0 Å². The van der Waals surface area contributed by atoms with E-state index in [9.17, 15) is 14.4 Å². The molecule has 4 fully saturated rings. The minimum atomic E-state index is 0.0215. The van der Waals surface area contributed by atoms with E-state index in [1.54, 1.807) is 0 Å². The van der Waals surface area contributed by atoms with E-state index >= 15 is 0 Å². The molecule has 0 aromatic carbocycles. The van der Waals surface area contributed by atoms with Gasteiger partial charge in [-0.3, -0.25) is 9.59 Å². The first-order valence-corrected chi connectivity index (χ1v) is 11.8. The van der Waals surface area contributed by atoms with E-state index in [1.165, 1.54) is 19.3 Å². The molecule has 0 radical (unpaired) electrons. The van der Waals surface area contributed by atoms with Gasteiger partial charge in [0.1, 0.15) is 0 Å². The number of carbonyl (C=O) groups excluding carboxylic acids is 3. The Morgan fingerprint density at radius 1 is 0.759 bits per heavy atom. The molecular formula is C22H36N4O3. The van der Waals surface area contributed by atoms with E-state index in [0.29, 0.717) is 18.4 Å². The number of rotatable bonds is 3. The van der Waals surface area contributed by atoms with Crippen LogP contribution in [0.3, 0.4) is 0 Å². The second-order valence-electron chi connectivity index (χ2n) is 9.29. The predicted octanol–water partition coefficient (Wildman–Crippen LogP) is 2.35. The van der Waals surface area contributed by atoms with Crippen molar-refractivity contribution in [2.45, 2.75) is 82.7 Å². The van der Waals surface area contributed by atoms with Crippen molar-refractivity contribution in [1.29, 1.82) is 0 Å². The highest BCUT2D eigenvalue weighted by Crippen LogP contribution is 2.27. The number of piperidine rings is 2. The topological polar surface area (TPSA) is 73.0 Å². The number of amides is 4. The predicted molar refractivity (Wildman–Crippen MR) is 110 cm³/mol. The molecule has 0 bridgehead atoms. The van der Waals surface area contributed by atoms with Gasteiger partial charge in [-0.15, -0.1) is 0 Å². The van der Waals surface area contributed by atoms with Gasteiger partial charge in [0.15, 0.2) is 0 Å². The van der Waals surface area contributed by atoms with Gasteiger partial charge in [0.25, 0.3) is 0 Å². The SMILES string of the molecule is O=C(NC1CCN(C(=O)C2CCCCC2)CC1)N1CCC(N2CCCC2=O)CC1. The monoisotopic (exact) mass is 404 g/mol. The summed E-state index contributed by atoms with van der Waals surface area (Å²) in [6.07, 6.45) is 10.9. The zero-order valence-corrected chi connectivity index (χ0v) is 17.6. The Bertz CT molecular complexity index is 603. The maximum Gasteiger partial charge on any atom is 0.317 e. The summed E-state index contributed by atoms with van der Waals surface area (Å²) in [5, 5.41) is 3.19. The lowest BCUT2D eigenvalue weighted by Crippen LogP contribution is -2.54. The Hall–Kier alpha value is -1.79. The quantitative estimate of drug-likeness (QED) is 0.785. The van der Waals surface area contributed by atoms with Crippen molar-refractivity contribution in [1.82, 2.24) is 20.0 Å². The lowest BCUT2D eigenvalue weighted by atomic mass is 9.87. The summed E-state index contributed by atoms with van der Waals surface area (Å²) in [5.74, 6) is 0.856. The smallest absolute Gasteiger partial charge is 0.317 e. The lowest BCUT2D eigenvalue weighted by Gasteiger charge is -2.39. The maximum absolute atomic E-state index is 12.7. The van der Waals surface area contributed by atoms with Crippen LogP contribution in [0.4, 0.5) is 4.79 Å². The van der Waals surface area contributed by atoms with E-state index in [2.05, 4.69) is 5.32 Å². The summed E-state index contributed by atoms with van der Waals surface area (Å²) in [6, 6.07) is 0.493. The molecule has 4 amide bonds. The standard InChI is InChI=1S/C22H36N4O3/c27-20-7-4-12-26(20)19-10-15-25(16-11-19)22(29)23-18-8-13-24(14-9-18)21(28)17-5-2-1-3-6-17/h17-19H,1-16H2,(H,23,29). The highest BCUT2D eigenvalue weighted by atomic mass is 16.2. The molecule has 0 aromatic rings. The molecule has 7 nitrogen and oxygen atoms in total. The van der Waals surface area contributed by atoms with Crippen LogP contribution in [0.15, 0.2) is 0 Å². The molecular weight excluding hydrogens is 368 g/mol. The summed E-state index contributed by atoms with van der Waals surface area (Å²) in [7, 11) is 0. The fraction of sp³-hybridized carbons (Fsp3) is 0.864. The second-order valence-corrected chi connectivity index (χ2v) is 9.29. The van der Waals surface area contributed by atoms with Gasteiger partial charge >= 0.3 is 6.03 Å². The number of urea groups is 1. The van der Waals surface area contributed by atoms with E-state index in [0.717, 1.165) is 77.7 Å². The zero-order chi connectivity index (χ0) is 20.2. The Balaban J connectivity index is 1.17. The minimum absolute atomic E-state index is 0.0215. The third-order valence-electron chi connectivity index (χ3n) is 7.39. The van der Waals surface area contributed by atoms with E-state index in [-0.39, 0.29) is 23.9 Å². The molecule has 1 saturated carbocycles. The maximum atomic E-state index is 12.7. The summed E-state index contributed by atoms with van der Waals surface area (Å²) in [4.78, 5) is 43.2. The van der Waals surface area contributed by atoms with Crippen LogP contribution in [0.2, 0.25) is 0 Å². The minimum Gasteiger partial charge on any atom is -0.342 e. The average Bonchev–Trinajstić information content (AvgIpc) is 3.20. The summed E-state index contributed by atoms with van der Waals surface area (Å²) >= 11 is 0. The Kier molecular flexibility index (Phi) is 6.60. The van der Waals surface area contributed by atoms with Crippen molar-refractivity contribution in [2.24, 2.45) is 5.92 Å². The fourth-order valence-electron chi connectivity index (χ4n) is 5.55. The first-order chi connectivity index (χ1) is 14.1. The number of carbonyl (C=O) groups is 3. The van der Waals surface area contributed by atoms with Crippen molar-refractivity contribution in [3.05, 3.63) is 0 Å². The van der Waals surface area contributed by atoms with Crippen molar-refractivity contribution in [2.75, 3.05) is 32.7 Å². The molecule has 3 heterocycles. The van der Waals surface area contributed by atoms with Crippen molar-refractivity contribution in [3.8, 4) is 0 Å². The lowest BCUT2D eigenvalue weighted by molar-refractivity contribution is -0.137. The van der Waals surface area contributed by atoms with Gasteiger partial charge in [0, 0.05) is 57.1 Å². The normalized spacial score (nSPS) is 25.5. The number of hydrogen-bond acceptors (Lipinski definition) is 3. The summed E-state index contributed by atoms with van der Waals surface area (Å²) in [6.45, 7) is 3.85. The molecule has 0 spiro atoms. The van der Waals surface area contributed by atoms with Gasteiger partial charge in [-0.2, -0.15) is 0 Å². The third kappa shape index (κ3) is 4.86. The molecule has 7 heteroatoms. The van der Waals surface area contributed by atoms with Gasteiger partial charge in [-0.05, 0) is 44.9 Å². The number of likely N-dealkylation sites (tertiary alicyclic amines) is 3. The van der Waals surface area contributed by atoms with Gasteiger partial charge in [-0.25, -0.2) is 4.79 Å². The molecule has 162 valence electrons. The second kappa shape index (κ2) is 9.35. The molecule has 3 saturated heterocycles. The molecule has 29 heavy (non-hydrogen) atoms. The summed E-state index contributed by atoms with van der Waals surface area (Å²) < 4.78 is 0. The molecule has 0 aromatic heterocycles. The number of nitrogens with zero attached hydrogens (tertiary/aromatic N) is 3. The summed E-state index contributed by atoms with van der Waals surface area (Å²) in [5.41, 5.74) is 0. The average molecular weight is 405 g/mol. The van der Waals surface area contributed by atoms with Crippen LogP contribution in [0.25, 0.3) is 0 Å². The van der Waals surface area contributed by atoms with Gasteiger partial charge in [0.05, 0.1) is 0 Å². The largest absolute Gasteiger partial charge is 0.342 e. The van der Waals surface area contributed by atoms with Gasteiger partial charge in [-0.1, -0.05) is 19.3 Å². The zero-order valence-electron chi connectivity index (χ0n) is 17.6. The van der Waals surface area contributed by atoms with E-state index in [1.807, 2.05) is 14.7 Å². The molecule has 3 aliphatic heterocycles. The fourth-order valence-corrected chi connectivity index (χ4v) is 5.55. The van der Waals surface area contributed by atoms with Crippen LogP contribution in [0.1, 0.15) is 70.6 Å². The number of nitrogens with one attached hydrogen (secondary N) is 1. The Morgan fingerprint density at radius 3 is 2.03 bits per heavy atom. The third-order valence-corrected chi connectivity index (χ3v) is 7.39. The van der Waals surface area contributed by atoms with Crippen LogP contribution in [-0.2, 0) is 9.59 Å². The number of hydrogen-bond donors (Lipinski definition) is 1. The van der Waals surface area contributed by atoms with E-state index < -0.39 is 0 Å². The highest BCUT2D eigenvalue weighted by Gasteiger charge is 2.33. The first-order valence-electron chi connectivity index (χ1n) is 11.8. The van der Waals surface area contributed by atoms with Crippen molar-refractivity contribution in [3.63, 3.8) is 0 Å². The Labute approximate surface area is 174 Å². The molecule has 4 rings (SSSR count). The molecule has 0 atom stereocenters. The van der Waals surface area contributed by atoms with Crippen molar-refractivity contribution < 1.29 is 14.4 Å². The molecule has 1 N–H and O–H groups in total. The molecule has 4 aliphatic rings. The van der Waals surface area contributed by atoms with Crippen LogP contribution in [-0.4, -0.2) is 77.4 Å². The highest BCUT2D eigenvalue weighted by molar-refractivity contribution is 5.79. The molecule has 0 unspecified atom stereocenters. The van der Waals surface area contributed by atoms with E-state index in [4.69, 9.17) is 0 Å². The van der Waals surface area contributed by atoms with Crippen LogP contribution in [0.5, 0.6) is 0 Å². The van der Waals surface area contributed by atoms with Crippen LogP contribution in [0, 0.1) is 5.92 Å².